The molecule has 1 N–H and O–H groups in total. The van der Waals surface area contributed by atoms with Gasteiger partial charge < -0.3 is 14.8 Å². The average Bonchev–Trinajstić information content (AvgIpc) is 3.18. The van der Waals surface area contributed by atoms with Gasteiger partial charge in [-0.3, -0.25) is 9.59 Å². The monoisotopic (exact) mass is 353 g/mol. The average molecular weight is 353 g/mol. The molecule has 0 bridgehead atoms. The molecule has 0 aliphatic heterocycles. The van der Waals surface area contributed by atoms with E-state index in [0.29, 0.717) is 16.5 Å². The predicted octanol–water partition coefficient (Wildman–Crippen LogP) is 2.93. The Morgan fingerprint density at radius 1 is 1.25 bits per heavy atom. The van der Waals surface area contributed by atoms with E-state index < -0.39 is 11.9 Å². The molecule has 1 aromatic rings. The van der Waals surface area contributed by atoms with Gasteiger partial charge in [-0.2, -0.15) is 0 Å². The van der Waals surface area contributed by atoms with E-state index in [9.17, 15) is 14.4 Å². The highest BCUT2D eigenvalue weighted by molar-refractivity contribution is 7.17. The standard InChI is InChI=1S/C17H23NO5S/c1-5-12-10(4)14(17(21)22-6-2)15(24-12)18-13(19)8-23-16(20)11-7-9(11)3/h9,11H,5-8H2,1-4H3,(H,18,19)/t9-,11-/m0/s1. The zero-order chi connectivity index (χ0) is 17.9. The number of anilines is 1. The molecule has 1 saturated carbocycles. The van der Waals surface area contributed by atoms with Crippen LogP contribution in [0.2, 0.25) is 0 Å². The Morgan fingerprint density at radius 2 is 1.92 bits per heavy atom. The van der Waals surface area contributed by atoms with Crippen LogP contribution < -0.4 is 5.32 Å². The van der Waals surface area contributed by atoms with E-state index in [-0.39, 0.29) is 25.1 Å². The number of carbonyl (C=O) groups is 3. The fourth-order valence-corrected chi connectivity index (χ4v) is 3.64. The van der Waals surface area contributed by atoms with Gasteiger partial charge in [0.1, 0.15) is 5.00 Å². The lowest BCUT2D eigenvalue weighted by Crippen LogP contribution is -2.22. The summed E-state index contributed by atoms with van der Waals surface area (Å²) in [6.45, 7) is 7.45. The highest BCUT2D eigenvalue weighted by atomic mass is 32.1. The molecular formula is C17H23NO5S. The summed E-state index contributed by atoms with van der Waals surface area (Å²) in [5.74, 6) is -0.984. The lowest BCUT2D eigenvalue weighted by Gasteiger charge is -2.08. The molecule has 1 amide bonds. The molecule has 7 heteroatoms. The van der Waals surface area contributed by atoms with Crippen molar-refractivity contribution in [3.8, 4) is 0 Å². The van der Waals surface area contributed by atoms with Gasteiger partial charge in [-0.15, -0.1) is 11.3 Å². The molecule has 0 saturated heterocycles. The van der Waals surface area contributed by atoms with Crippen molar-refractivity contribution in [3.63, 3.8) is 0 Å². The predicted molar refractivity (Wildman–Crippen MR) is 91.3 cm³/mol. The third-order valence-corrected chi connectivity index (χ3v) is 5.41. The molecule has 0 spiro atoms. The summed E-state index contributed by atoms with van der Waals surface area (Å²) >= 11 is 1.35. The van der Waals surface area contributed by atoms with Crippen LogP contribution in [0.25, 0.3) is 0 Å². The molecule has 1 aromatic heterocycles. The summed E-state index contributed by atoms with van der Waals surface area (Å²) in [5.41, 5.74) is 1.20. The van der Waals surface area contributed by atoms with Crippen molar-refractivity contribution >= 4 is 34.2 Å². The van der Waals surface area contributed by atoms with Crippen molar-refractivity contribution in [2.24, 2.45) is 11.8 Å². The lowest BCUT2D eigenvalue weighted by atomic mass is 10.1. The Labute approximate surface area is 145 Å². The van der Waals surface area contributed by atoms with E-state index >= 15 is 0 Å². The van der Waals surface area contributed by atoms with Crippen molar-refractivity contribution in [3.05, 3.63) is 16.0 Å². The maximum atomic E-state index is 12.1. The van der Waals surface area contributed by atoms with Crippen LogP contribution in [0.3, 0.4) is 0 Å². The van der Waals surface area contributed by atoms with E-state index in [1.165, 1.54) is 11.3 Å². The van der Waals surface area contributed by atoms with Gasteiger partial charge in [0, 0.05) is 4.88 Å². The van der Waals surface area contributed by atoms with Gasteiger partial charge in [-0.05, 0) is 38.2 Å². The second-order valence-corrected chi connectivity index (χ2v) is 7.01. The summed E-state index contributed by atoms with van der Waals surface area (Å²) in [7, 11) is 0. The number of aryl methyl sites for hydroxylation is 1. The molecule has 1 fully saturated rings. The number of esters is 2. The molecule has 0 radical (unpaired) electrons. The van der Waals surface area contributed by atoms with Gasteiger partial charge in [0.2, 0.25) is 0 Å². The molecule has 2 atom stereocenters. The van der Waals surface area contributed by atoms with E-state index in [1.807, 2.05) is 20.8 Å². The maximum absolute atomic E-state index is 12.1. The van der Waals surface area contributed by atoms with Gasteiger partial charge in [-0.25, -0.2) is 4.79 Å². The second-order valence-electron chi connectivity index (χ2n) is 5.90. The largest absolute Gasteiger partial charge is 0.462 e. The van der Waals surface area contributed by atoms with Crippen LogP contribution in [-0.2, 0) is 25.5 Å². The first-order chi connectivity index (χ1) is 11.4. The minimum absolute atomic E-state index is 0.0800. The van der Waals surface area contributed by atoms with Gasteiger partial charge in [-0.1, -0.05) is 13.8 Å². The van der Waals surface area contributed by atoms with Crippen molar-refractivity contribution in [2.75, 3.05) is 18.5 Å². The third-order valence-electron chi connectivity index (χ3n) is 4.06. The first-order valence-electron chi connectivity index (χ1n) is 8.14. The van der Waals surface area contributed by atoms with Crippen LogP contribution in [0, 0.1) is 18.8 Å². The number of hydrogen-bond acceptors (Lipinski definition) is 6. The number of rotatable bonds is 7. The number of hydrogen-bond donors (Lipinski definition) is 1. The summed E-state index contributed by atoms with van der Waals surface area (Å²) in [5, 5.41) is 3.12. The number of thiophene rings is 1. The number of nitrogens with one attached hydrogen (secondary N) is 1. The fraction of sp³-hybridized carbons (Fsp3) is 0.588. The zero-order valence-electron chi connectivity index (χ0n) is 14.4. The Balaban J connectivity index is 2.03. The molecule has 24 heavy (non-hydrogen) atoms. The van der Waals surface area contributed by atoms with Crippen molar-refractivity contribution < 1.29 is 23.9 Å². The highest BCUT2D eigenvalue weighted by Crippen LogP contribution is 2.38. The first kappa shape index (κ1) is 18.4. The summed E-state index contributed by atoms with van der Waals surface area (Å²) in [6, 6.07) is 0. The number of amides is 1. The van der Waals surface area contributed by atoms with Crippen molar-refractivity contribution in [1.82, 2.24) is 0 Å². The smallest absolute Gasteiger partial charge is 0.341 e. The third kappa shape index (κ3) is 4.14. The van der Waals surface area contributed by atoms with Gasteiger partial charge >= 0.3 is 11.9 Å². The van der Waals surface area contributed by atoms with Crippen LogP contribution in [0.4, 0.5) is 5.00 Å². The molecule has 6 nitrogen and oxygen atoms in total. The van der Waals surface area contributed by atoms with E-state index in [2.05, 4.69) is 5.32 Å². The molecule has 0 unspecified atom stereocenters. The molecule has 132 valence electrons. The van der Waals surface area contributed by atoms with Crippen LogP contribution >= 0.6 is 11.3 Å². The SMILES string of the molecule is CCOC(=O)c1c(NC(=O)COC(=O)[C@H]2C[C@@H]2C)sc(CC)c1C. The summed E-state index contributed by atoms with van der Waals surface area (Å²) < 4.78 is 10.1. The van der Waals surface area contributed by atoms with Crippen molar-refractivity contribution in [2.45, 2.75) is 40.5 Å². The van der Waals surface area contributed by atoms with Crippen LogP contribution in [0.15, 0.2) is 0 Å². The summed E-state index contributed by atoms with van der Waals surface area (Å²) in [6.07, 6.45) is 1.57. The number of ether oxygens (including phenoxy) is 2. The number of carbonyl (C=O) groups excluding carboxylic acids is 3. The molecule has 1 heterocycles. The summed E-state index contributed by atoms with van der Waals surface area (Å²) in [4.78, 5) is 36.9. The van der Waals surface area contributed by atoms with Crippen LogP contribution in [0.1, 0.15) is 48.0 Å². The first-order valence-corrected chi connectivity index (χ1v) is 8.96. The minimum Gasteiger partial charge on any atom is -0.462 e. The molecule has 1 aliphatic rings. The normalized spacial score (nSPS) is 18.8. The zero-order valence-corrected chi connectivity index (χ0v) is 15.2. The maximum Gasteiger partial charge on any atom is 0.341 e. The minimum atomic E-state index is -0.454. The highest BCUT2D eigenvalue weighted by Gasteiger charge is 2.40. The fourth-order valence-electron chi connectivity index (χ4n) is 2.49. The Morgan fingerprint density at radius 3 is 2.46 bits per heavy atom. The second kappa shape index (κ2) is 7.79. The molecule has 0 aromatic carbocycles. The van der Waals surface area contributed by atoms with Crippen molar-refractivity contribution in [1.29, 1.82) is 0 Å². The topological polar surface area (TPSA) is 81.7 Å². The van der Waals surface area contributed by atoms with Crippen LogP contribution in [0.5, 0.6) is 0 Å². The van der Waals surface area contributed by atoms with Gasteiger partial charge in [0.05, 0.1) is 18.1 Å². The van der Waals surface area contributed by atoms with E-state index in [4.69, 9.17) is 9.47 Å². The lowest BCUT2D eigenvalue weighted by molar-refractivity contribution is -0.148. The Kier molecular flexibility index (Phi) is 5.99. The van der Waals surface area contributed by atoms with Gasteiger partial charge in [0.15, 0.2) is 6.61 Å². The molecule has 2 rings (SSSR count). The van der Waals surface area contributed by atoms with Crippen LogP contribution in [-0.4, -0.2) is 31.1 Å². The van der Waals surface area contributed by atoms with Gasteiger partial charge in [0.25, 0.3) is 5.91 Å². The van der Waals surface area contributed by atoms with E-state index in [1.54, 1.807) is 6.92 Å². The quantitative estimate of drug-likeness (QED) is 0.762. The molecule has 1 aliphatic carbocycles. The van der Waals surface area contributed by atoms with E-state index in [0.717, 1.165) is 23.3 Å². The molecular weight excluding hydrogens is 330 g/mol. The Bertz CT molecular complexity index is 652. The Hall–Kier alpha value is -1.89.